The first kappa shape index (κ1) is 13.7. The maximum atomic E-state index is 4.50. The fourth-order valence-electron chi connectivity index (χ4n) is 2.64. The van der Waals surface area contributed by atoms with Crippen LogP contribution in [0.3, 0.4) is 0 Å². The summed E-state index contributed by atoms with van der Waals surface area (Å²) in [6.07, 6.45) is 0.826. The minimum atomic E-state index is 0.385. The van der Waals surface area contributed by atoms with Crippen LogP contribution in [0.5, 0.6) is 0 Å². The zero-order chi connectivity index (χ0) is 14.8. The molecule has 0 saturated heterocycles. The van der Waals surface area contributed by atoms with E-state index < -0.39 is 0 Å². The normalized spacial score (nSPS) is 11.2. The molecule has 0 amide bonds. The van der Waals surface area contributed by atoms with Gasteiger partial charge in [-0.15, -0.1) is 0 Å². The molecule has 2 nitrogen and oxygen atoms in total. The van der Waals surface area contributed by atoms with Crippen molar-refractivity contribution in [3.8, 4) is 0 Å². The van der Waals surface area contributed by atoms with Gasteiger partial charge >= 0.3 is 0 Å². The Labute approximate surface area is 125 Å². The Bertz CT molecular complexity index is 758. The number of fused-ring (bicyclic) bond motifs is 1. The highest BCUT2D eigenvalue weighted by atomic mass is 15.1. The zero-order valence-corrected chi connectivity index (χ0v) is 12.8. The molecule has 0 aliphatic carbocycles. The van der Waals surface area contributed by atoms with Gasteiger partial charge in [0.05, 0.1) is 11.4 Å². The van der Waals surface area contributed by atoms with Crippen LogP contribution >= 0.6 is 0 Å². The molecular formula is C19H20N2. The van der Waals surface area contributed by atoms with Gasteiger partial charge in [-0.05, 0) is 18.4 Å². The molecule has 1 heterocycles. The van der Waals surface area contributed by atoms with Crippen LogP contribution in [0, 0.1) is 6.92 Å². The first-order valence-electron chi connectivity index (χ1n) is 7.45. The Hall–Kier alpha value is -2.22. The molecule has 0 saturated carbocycles. The molecule has 106 valence electrons. The van der Waals surface area contributed by atoms with E-state index in [1.165, 1.54) is 21.9 Å². The number of hydrogen-bond acceptors (Lipinski definition) is 2. The van der Waals surface area contributed by atoms with Gasteiger partial charge in [0.15, 0.2) is 0 Å². The van der Waals surface area contributed by atoms with E-state index in [1.54, 1.807) is 0 Å². The summed E-state index contributed by atoms with van der Waals surface area (Å²) in [7, 11) is 0. The maximum Gasteiger partial charge on any atom is 0.0753 e. The van der Waals surface area contributed by atoms with E-state index in [1.807, 2.05) is 0 Å². The lowest BCUT2D eigenvalue weighted by Crippen LogP contribution is -2.02. The Morgan fingerprint density at radius 2 is 1.52 bits per heavy atom. The van der Waals surface area contributed by atoms with E-state index in [2.05, 4.69) is 79.5 Å². The third-order valence-electron chi connectivity index (χ3n) is 3.83. The van der Waals surface area contributed by atoms with Crippen LogP contribution in [0.1, 0.15) is 42.3 Å². The van der Waals surface area contributed by atoms with Crippen LogP contribution in [-0.4, -0.2) is 10.2 Å². The quantitative estimate of drug-likeness (QED) is 0.695. The van der Waals surface area contributed by atoms with E-state index in [0.29, 0.717) is 5.92 Å². The van der Waals surface area contributed by atoms with Crippen molar-refractivity contribution >= 4 is 10.8 Å². The molecule has 0 atom stereocenters. The fourth-order valence-corrected chi connectivity index (χ4v) is 2.64. The molecule has 2 heteroatoms. The van der Waals surface area contributed by atoms with Crippen LogP contribution in [0.25, 0.3) is 10.8 Å². The lowest BCUT2D eigenvalue weighted by Gasteiger charge is -2.11. The molecule has 0 N–H and O–H groups in total. The van der Waals surface area contributed by atoms with E-state index in [0.717, 1.165) is 17.8 Å². The Morgan fingerprint density at radius 3 is 2.19 bits per heavy atom. The van der Waals surface area contributed by atoms with Gasteiger partial charge in [-0.1, -0.05) is 67.9 Å². The standard InChI is InChI=1S/C19H20N2/c1-13(2)19-17-7-5-4-6-16(17)18(20-21-19)12-15-10-8-14(3)9-11-15/h4-11,13H,12H2,1-3H3. The molecule has 0 spiro atoms. The SMILES string of the molecule is Cc1ccc(Cc2nnc(C(C)C)c3ccccc23)cc1. The van der Waals surface area contributed by atoms with Crippen LogP contribution < -0.4 is 0 Å². The van der Waals surface area contributed by atoms with Crippen LogP contribution in [0.4, 0.5) is 0 Å². The number of aryl methyl sites for hydroxylation is 1. The molecule has 3 rings (SSSR count). The molecular weight excluding hydrogens is 256 g/mol. The number of rotatable bonds is 3. The van der Waals surface area contributed by atoms with Crippen molar-refractivity contribution in [2.24, 2.45) is 0 Å². The molecule has 0 fully saturated rings. The van der Waals surface area contributed by atoms with Crippen molar-refractivity contribution in [3.05, 3.63) is 71.0 Å². The molecule has 1 aromatic heterocycles. The molecule has 21 heavy (non-hydrogen) atoms. The molecule has 0 aliphatic rings. The summed E-state index contributed by atoms with van der Waals surface area (Å²) in [6.45, 7) is 6.43. The molecule has 0 radical (unpaired) electrons. The second-order valence-electron chi connectivity index (χ2n) is 5.89. The highest BCUT2D eigenvalue weighted by molar-refractivity contribution is 5.86. The molecule has 0 unspecified atom stereocenters. The van der Waals surface area contributed by atoms with Gasteiger partial charge in [0, 0.05) is 17.2 Å². The summed E-state index contributed by atoms with van der Waals surface area (Å²) < 4.78 is 0. The fraction of sp³-hybridized carbons (Fsp3) is 0.263. The average molecular weight is 276 g/mol. The highest BCUT2D eigenvalue weighted by Gasteiger charge is 2.11. The van der Waals surface area contributed by atoms with Crippen molar-refractivity contribution in [1.29, 1.82) is 0 Å². The Balaban J connectivity index is 2.07. The monoisotopic (exact) mass is 276 g/mol. The van der Waals surface area contributed by atoms with Gasteiger partial charge in [0.2, 0.25) is 0 Å². The Morgan fingerprint density at radius 1 is 0.857 bits per heavy atom. The van der Waals surface area contributed by atoms with Crippen molar-refractivity contribution in [2.45, 2.75) is 33.1 Å². The minimum absolute atomic E-state index is 0.385. The van der Waals surface area contributed by atoms with Crippen molar-refractivity contribution in [1.82, 2.24) is 10.2 Å². The average Bonchev–Trinajstić information content (AvgIpc) is 2.49. The van der Waals surface area contributed by atoms with Gasteiger partial charge in [-0.25, -0.2) is 0 Å². The lowest BCUT2D eigenvalue weighted by atomic mass is 9.99. The van der Waals surface area contributed by atoms with E-state index in [9.17, 15) is 0 Å². The van der Waals surface area contributed by atoms with Crippen LogP contribution in [-0.2, 0) is 6.42 Å². The zero-order valence-electron chi connectivity index (χ0n) is 12.8. The lowest BCUT2D eigenvalue weighted by molar-refractivity contribution is 0.787. The third-order valence-corrected chi connectivity index (χ3v) is 3.83. The molecule has 2 aromatic carbocycles. The molecule has 0 bridgehead atoms. The van der Waals surface area contributed by atoms with Crippen LogP contribution in [0.15, 0.2) is 48.5 Å². The largest absolute Gasteiger partial charge is 0.154 e. The summed E-state index contributed by atoms with van der Waals surface area (Å²) in [5.74, 6) is 0.385. The smallest absolute Gasteiger partial charge is 0.0753 e. The summed E-state index contributed by atoms with van der Waals surface area (Å²) in [6, 6.07) is 17.1. The number of benzene rings is 2. The van der Waals surface area contributed by atoms with E-state index >= 15 is 0 Å². The maximum absolute atomic E-state index is 4.50. The van der Waals surface area contributed by atoms with Gasteiger partial charge in [-0.2, -0.15) is 10.2 Å². The van der Waals surface area contributed by atoms with Crippen molar-refractivity contribution < 1.29 is 0 Å². The summed E-state index contributed by atoms with van der Waals surface area (Å²) in [5.41, 5.74) is 4.69. The molecule has 0 aliphatic heterocycles. The third kappa shape index (κ3) is 2.80. The summed E-state index contributed by atoms with van der Waals surface area (Å²) >= 11 is 0. The van der Waals surface area contributed by atoms with Gasteiger partial charge < -0.3 is 0 Å². The topological polar surface area (TPSA) is 25.8 Å². The van der Waals surface area contributed by atoms with Crippen LogP contribution in [0.2, 0.25) is 0 Å². The van der Waals surface area contributed by atoms with Gasteiger partial charge in [0.25, 0.3) is 0 Å². The van der Waals surface area contributed by atoms with E-state index in [4.69, 9.17) is 0 Å². The highest BCUT2D eigenvalue weighted by Crippen LogP contribution is 2.25. The second-order valence-corrected chi connectivity index (χ2v) is 5.89. The van der Waals surface area contributed by atoms with Gasteiger partial charge in [0.1, 0.15) is 0 Å². The first-order chi connectivity index (χ1) is 10.1. The number of aromatic nitrogens is 2. The predicted octanol–water partition coefficient (Wildman–Crippen LogP) is 4.65. The first-order valence-corrected chi connectivity index (χ1v) is 7.45. The Kier molecular flexibility index (Phi) is 3.70. The number of nitrogens with zero attached hydrogens (tertiary/aromatic N) is 2. The minimum Gasteiger partial charge on any atom is -0.154 e. The van der Waals surface area contributed by atoms with Gasteiger partial charge in [-0.3, -0.25) is 0 Å². The summed E-state index contributed by atoms with van der Waals surface area (Å²) in [4.78, 5) is 0. The summed E-state index contributed by atoms with van der Waals surface area (Å²) in [5, 5.41) is 11.4. The van der Waals surface area contributed by atoms with Crippen molar-refractivity contribution in [3.63, 3.8) is 0 Å². The van der Waals surface area contributed by atoms with Crippen molar-refractivity contribution in [2.75, 3.05) is 0 Å². The predicted molar refractivity (Wildman–Crippen MR) is 87.6 cm³/mol. The second kappa shape index (κ2) is 5.65. The molecule has 3 aromatic rings. The van der Waals surface area contributed by atoms with E-state index in [-0.39, 0.29) is 0 Å². The number of hydrogen-bond donors (Lipinski definition) is 0.